The van der Waals surface area contributed by atoms with Gasteiger partial charge >= 0.3 is 11.9 Å². The molecule has 46 nitrogen and oxygen atoms in total. The van der Waals surface area contributed by atoms with Gasteiger partial charge in [0.1, 0.15) is 159 Å². The molecule has 37 atom stereocenters. The van der Waals surface area contributed by atoms with E-state index in [9.17, 15) is 146 Å². The molecule has 588 valence electrons. The Morgan fingerprint density at radius 2 is 0.735 bits per heavy atom. The second-order valence-corrected chi connectivity index (χ2v) is 25.5. The molecule has 7 aliphatic heterocycles. The summed E-state index contributed by atoms with van der Waals surface area (Å²) in [5, 5.41) is 258. The number of hydrogen-bond donors (Lipinski definition) is 27. The van der Waals surface area contributed by atoms with E-state index in [0.29, 0.717) is 0 Å². The summed E-state index contributed by atoms with van der Waals surface area (Å²) < 4.78 is 74.0. The van der Waals surface area contributed by atoms with Crippen molar-refractivity contribution in [2.24, 2.45) is 0 Å². The Kier molecular flexibility index (Phi) is 29.8. The predicted octanol–water partition coefficient (Wildman–Crippen LogP) is -17.3. The van der Waals surface area contributed by atoms with Gasteiger partial charge in [0.25, 0.3) is 11.6 Å². The lowest BCUT2D eigenvalue weighted by atomic mass is 9.88. The fourth-order valence-corrected chi connectivity index (χ4v) is 12.7. The van der Waals surface area contributed by atoms with Crippen molar-refractivity contribution in [1.82, 2.24) is 21.3 Å². The van der Waals surface area contributed by atoms with Gasteiger partial charge in [-0.1, -0.05) is 0 Å². The van der Waals surface area contributed by atoms with Crippen LogP contribution in [0.25, 0.3) is 0 Å². The minimum Gasteiger partial charge on any atom is -0.477 e. The maximum Gasteiger partial charge on any atom is 0.364 e. The Morgan fingerprint density at radius 1 is 0.402 bits per heavy atom. The molecule has 0 aliphatic carbocycles. The number of aliphatic carboxylic acids is 2. The molecule has 7 saturated heterocycles. The van der Waals surface area contributed by atoms with Crippen LogP contribution in [-0.4, -0.2) is 425 Å². The van der Waals surface area contributed by atoms with Crippen LogP contribution in [0.3, 0.4) is 0 Å². The number of carboxylic acid groups (broad SMARTS) is 2. The lowest BCUT2D eigenvalue weighted by Gasteiger charge is -2.49. The first-order chi connectivity index (χ1) is 47.8. The van der Waals surface area contributed by atoms with Crippen LogP contribution in [0.5, 0.6) is 0 Å². The summed E-state index contributed by atoms with van der Waals surface area (Å²) in [5.41, 5.74) is 0. The van der Waals surface area contributed by atoms with Crippen molar-refractivity contribution in [2.75, 3.05) is 46.2 Å². The van der Waals surface area contributed by atoms with Crippen LogP contribution < -0.4 is 21.3 Å². The van der Waals surface area contributed by atoms with Crippen molar-refractivity contribution in [2.45, 2.75) is 266 Å². The molecule has 1 unspecified atom stereocenters. The molecule has 7 heterocycles. The SMILES string of the molecule is CC(=O)N[C@H]1[C@H](OC[C@H]2OC(O)[C@@H](O[C@@H]3O[C@H](CO)[C@@H](O[C@@H]4O[C@H](CO[C@]5(C(=O)O)C[C@H](O)[C@@H](NC(C)=O)[C@H]([C@H](O)[C@H](O)CO)O5)[C@H](O)[C@H](O)[C@H]4O)[C@H](O)[C@H]3NC(C)=O)[C@@H](O)[C@@H]2O)O[C@H](CO)[C@@H](O[C@@H]2O[C@H](CO[C@]3(C(=O)O)C[C@H](O)[C@@H](NC(C)=O)[C@H]([C@H](O)[C@H](O)CO)O3)[C@H](O)[C@H](O)[C@H]2O)[C@@H]1O. The molecule has 0 bridgehead atoms. The van der Waals surface area contributed by atoms with E-state index in [1.807, 2.05) is 0 Å². The van der Waals surface area contributed by atoms with E-state index in [1.165, 1.54) is 0 Å². The van der Waals surface area contributed by atoms with Crippen molar-refractivity contribution in [1.29, 1.82) is 0 Å². The molecule has 0 aromatic heterocycles. The highest BCUT2D eigenvalue weighted by Gasteiger charge is 2.61. The van der Waals surface area contributed by atoms with E-state index in [0.717, 1.165) is 27.7 Å². The average molecular weight is 1490 g/mol. The summed E-state index contributed by atoms with van der Waals surface area (Å²) in [7, 11) is 0. The van der Waals surface area contributed by atoms with Crippen LogP contribution in [0.4, 0.5) is 0 Å². The number of carboxylic acids is 2. The second kappa shape index (κ2) is 35.9. The van der Waals surface area contributed by atoms with Gasteiger partial charge in [0, 0.05) is 40.5 Å². The third-order valence-electron chi connectivity index (χ3n) is 18.1. The number of ether oxygens (including phenoxy) is 13. The smallest absolute Gasteiger partial charge is 0.364 e. The van der Waals surface area contributed by atoms with E-state index in [-0.39, 0.29) is 0 Å². The van der Waals surface area contributed by atoms with Crippen LogP contribution >= 0.6 is 0 Å². The van der Waals surface area contributed by atoms with Crippen molar-refractivity contribution >= 4 is 35.6 Å². The molecule has 4 amide bonds. The highest BCUT2D eigenvalue weighted by atomic mass is 16.8. The van der Waals surface area contributed by atoms with Crippen LogP contribution in [0.15, 0.2) is 0 Å². The van der Waals surface area contributed by atoms with Gasteiger partial charge < -0.3 is 200 Å². The first-order valence-electron chi connectivity index (χ1n) is 31.9. The molecule has 0 saturated carbocycles. The topological polar surface area (TPSA) is 736 Å². The first-order valence-corrected chi connectivity index (χ1v) is 31.9. The first kappa shape index (κ1) is 84.7. The fourth-order valence-electron chi connectivity index (χ4n) is 12.7. The lowest BCUT2D eigenvalue weighted by molar-refractivity contribution is -0.375. The van der Waals surface area contributed by atoms with Crippen LogP contribution in [0, 0.1) is 0 Å². The third-order valence-corrected chi connectivity index (χ3v) is 18.1. The van der Waals surface area contributed by atoms with E-state index < -0.39 is 321 Å². The molecular formula is C56H92N4O42. The maximum atomic E-state index is 12.8. The molecular weight excluding hydrogens is 1400 g/mol. The van der Waals surface area contributed by atoms with E-state index in [2.05, 4.69) is 21.3 Å². The zero-order valence-electron chi connectivity index (χ0n) is 54.6. The number of amides is 4. The van der Waals surface area contributed by atoms with Crippen LogP contribution in [0.2, 0.25) is 0 Å². The van der Waals surface area contributed by atoms with Crippen LogP contribution in [0.1, 0.15) is 40.5 Å². The largest absolute Gasteiger partial charge is 0.477 e. The fraction of sp³-hybridized carbons (Fsp3) is 0.893. The number of hydrogen-bond acceptors (Lipinski definition) is 40. The Morgan fingerprint density at radius 3 is 1.10 bits per heavy atom. The normalized spacial score (nSPS) is 44.6. The number of rotatable bonds is 29. The number of carbonyl (C=O) groups is 6. The van der Waals surface area contributed by atoms with Gasteiger partial charge in [-0.15, -0.1) is 0 Å². The standard InChI is InChI=1S/C56H92N4O42/c1-14(65)57-27-18(69)5-55(53(86)87,101-45(27)31(73)20(71)7-61)91-12-25-33(75)38(80)41(83)51(96-25)98-43-22(9-63)94-49(29(36(43)78)59-16(3)67)90-11-24-35(77)40(82)47(48(85)93-24)100-50-30(60-17(4)68)37(79)44(23(10-64)95-50)99-52-42(84)39(81)34(76)26(97-52)13-92-56(54(88)89)6-19(70)28(58-15(2)66)46(102-56)32(74)21(72)8-62/h18-52,61-64,69-85H,5-13H2,1-4H3,(H,57,65)(H,58,66)(H,59,67)(H,60,68)(H,86,87)(H,88,89)/t18-,19-,20+,21+,22+,23+,24+,25+,26+,27+,28+,29+,30+,31+,32+,33-,34-,35+,36+,37+,38-,39-,40-,41+,42+,43+,44+,45+,46+,47-,48?,49+,50-,51-,52-,55+,56+/m0/s1. The summed E-state index contributed by atoms with van der Waals surface area (Å²) in [6.07, 6.45) is -66.6. The Bertz CT molecular complexity index is 2770. The van der Waals surface area contributed by atoms with E-state index >= 15 is 0 Å². The van der Waals surface area contributed by atoms with E-state index in [4.69, 9.17) is 61.6 Å². The lowest BCUT2D eigenvalue weighted by Crippen LogP contribution is -2.69. The third kappa shape index (κ3) is 18.9. The summed E-state index contributed by atoms with van der Waals surface area (Å²) in [4.78, 5) is 74.9. The summed E-state index contributed by atoms with van der Waals surface area (Å²) in [6, 6.07) is -6.90. The number of carbonyl (C=O) groups excluding carboxylic acids is 4. The Hall–Kier alpha value is -4.54. The summed E-state index contributed by atoms with van der Waals surface area (Å²) in [6.45, 7) is -3.82. The molecule has 0 aromatic rings. The zero-order valence-corrected chi connectivity index (χ0v) is 54.6. The molecule has 102 heavy (non-hydrogen) atoms. The quantitative estimate of drug-likeness (QED) is 0.0331. The van der Waals surface area contributed by atoms with Crippen molar-refractivity contribution < 1.29 is 208 Å². The summed E-state index contributed by atoms with van der Waals surface area (Å²) in [5.74, 6) is -13.4. The molecule has 0 aromatic carbocycles. The second-order valence-electron chi connectivity index (χ2n) is 25.5. The predicted molar refractivity (Wildman–Crippen MR) is 313 cm³/mol. The zero-order chi connectivity index (χ0) is 76.1. The van der Waals surface area contributed by atoms with Gasteiger partial charge in [0.2, 0.25) is 23.6 Å². The van der Waals surface area contributed by atoms with E-state index in [1.54, 1.807) is 0 Å². The minimum atomic E-state index is -3.02. The average Bonchev–Trinajstić information content (AvgIpc) is 0.774. The monoisotopic (exact) mass is 1490 g/mol. The van der Waals surface area contributed by atoms with Gasteiger partial charge in [0.05, 0.1) is 70.5 Å². The van der Waals surface area contributed by atoms with Crippen molar-refractivity contribution in [3.63, 3.8) is 0 Å². The number of nitrogens with one attached hydrogen (secondary N) is 4. The Balaban J connectivity index is 0.998. The van der Waals surface area contributed by atoms with Gasteiger partial charge in [-0.3, -0.25) is 19.2 Å². The van der Waals surface area contributed by atoms with Crippen molar-refractivity contribution in [3.8, 4) is 0 Å². The number of aliphatic hydroxyl groups excluding tert-OH is 21. The summed E-state index contributed by atoms with van der Waals surface area (Å²) >= 11 is 0. The molecule has 0 spiro atoms. The molecule has 7 rings (SSSR count). The number of aliphatic hydroxyl groups is 21. The highest BCUT2D eigenvalue weighted by molar-refractivity contribution is 5.77. The molecule has 27 N–H and O–H groups in total. The molecule has 0 radical (unpaired) electrons. The van der Waals surface area contributed by atoms with Crippen LogP contribution in [-0.2, 0) is 90.3 Å². The minimum absolute atomic E-state index is 0.805. The maximum absolute atomic E-state index is 12.8. The Labute approximate surface area is 576 Å². The van der Waals surface area contributed by atoms with Crippen molar-refractivity contribution in [3.05, 3.63) is 0 Å². The van der Waals surface area contributed by atoms with Gasteiger partial charge in [0.15, 0.2) is 31.5 Å². The van der Waals surface area contributed by atoms with Gasteiger partial charge in [-0.25, -0.2) is 9.59 Å². The molecule has 46 heteroatoms. The highest BCUT2D eigenvalue weighted by Crippen LogP contribution is 2.40. The van der Waals surface area contributed by atoms with Gasteiger partial charge in [-0.2, -0.15) is 0 Å². The molecule has 7 aliphatic rings. The van der Waals surface area contributed by atoms with Gasteiger partial charge in [-0.05, 0) is 0 Å². The molecule has 7 fully saturated rings.